The Hall–Kier alpha value is -9.43. The monoisotopic (exact) mass is 962 g/mol. The molecule has 0 spiro atoms. The first-order chi connectivity index (χ1) is 35.8. The molecule has 4 nitrogen and oxygen atoms in total. The van der Waals surface area contributed by atoms with Crippen LogP contribution < -0.4 is 0 Å². The third kappa shape index (κ3) is 7.87. The van der Waals surface area contributed by atoms with Crippen LogP contribution in [-0.2, 0) is 6.18 Å². The van der Waals surface area contributed by atoms with Crippen LogP contribution in [0.5, 0.6) is 0 Å². The SMILES string of the molecule is Cc1cccc(-c2ccc3c(c2)c2cc(-c4cccc(C)c4)ccc2n3-c2cc(-c3ccc(C(F)(F)F)cc3C#N)cc(-n3c4ccc(-c5cccc(C)c5)cc4c4cc(-c5cccc(C)c5)ccc43)c2C#N)c1. The van der Waals surface area contributed by atoms with E-state index in [0.29, 0.717) is 28.1 Å². The molecule has 0 aliphatic heterocycles. The molecule has 2 heterocycles. The van der Waals surface area contributed by atoms with E-state index in [-0.39, 0.29) is 5.56 Å². The number of fused-ring (bicyclic) bond motifs is 6. The van der Waals surface area contributed by atoms with Gasteiger partial charge < -0.3 is 9.13 Å². The van der Waals surface area contributed by atoms with Gasteiger partial charge in [0, 0.05) is 21.5 Å². The highest BCUT2D eigenvalue weighted by Crippen LogP contribution is 2.44. The predicted octanol–water partition coefficient (Wildman–Crippen LogP) is 18.2. The van der Waals surface area contributed by atoms with Crippen molar-refractivity contribution in [2.24, 2.45) is 0 Å². The van der Waals surface area contributed by atoms with Crippen molar-refractivity contribution >= 4 is 43.6 Å². The summed E-state index contributed by atoms with van der Waals surface area (Å²) in [6.07, 6.45) is -4.67. The number of alkyl halides is 3. The summed E-state index contributed by atoms with van der Waals surface area (Å²) >= 11 is 0. The summed E-state index contributed by atoms with van der Waals surface area (Å²) in [5.74, 6) is 0. The van der Waals surface area contributed by atoms with Crippen molar-refractivity contribution in [1.82, 2.24) is 9.13 Å². The predicted molar refractivity (Wildman–Crippen MR) is 296 cm³/mol. The molecular weight excluding hydrogens is 918 g/mol. The summed E-state index contributed by atoms with van der Waals surface area (Å²) in [5, 5.41) is 26.2. The minimum atomic E-state index is -4.67. The van der Waals surface area contributed by atoms with E-state index in [1.807, 2.05) is 12.1 Å². The Bertz CT molecular complexity index is 3940. The fourth-order valence-corrected chi connectivity index (χ4v) is 10.9. The number of nitriles is 2. The van der Waals surface area contributed by atoms with E-state index in [1.165, 1.54) is 6.07 Å². The number of nitrogens with zero attached hydrogens (tertiary/aromatic N) is 4. The first-order valence-corrected chi connectivity index (χ1v) is 24.5. The van der Waals surface area contributed by atoms with E-state index in [1.54, 1.807) is 0 Å². The van der Waals surface area contributed by atoms with Gasteiger partial charge in [-0.25, -0.2) is 0 Å². The van der Waals surface area contributed by atoms with Crippen molar-refractivity contribution in [2.75, 3.05) is 0 Å². The largest absolute Gasteiger partial charge is 0.416 e. The van der Waals surface area contributed by atoms with Gasteiger partial charge in [0.05, 0.1) is 50.6 Å². The number of benzene rings is 10. The minimum Gasteiger partial charge on any atom is -0.308 e. The minimum absolute atomic E-state index is 0.137. The molecule has 0 atom stereocenters. The second-order valence-corrected chi connectivity index (χ2v) is 19.4. The zero-order valence-corrected chi connectivity index (χ0v) is 41.0. The lowest BCUT2D eigenvalue weighted by Crippen LogP contribution is -2.07. The van der Waals surface area contributed by atoms with E-state index >= 15 is 0 Å². The van der Waals surface area contributed by atoms with Gasteiger partial charge in [0.2, 0.25) is 0 Å². The Morgan fingerprint density at radius 3 is 0.986 bits per heavy atom. The summed E-state index contributed by atoms with van der Waals surface area (Å²) in [6, 6.07) is 70.9. The molecule has 0 aliphatic carbocycles. The lowest BCUT2D eigenvalue weighted by molar-refractivity contribution is -0.137. The maximum Gasteiger partial charge on any atom is 0.416 e. The average Bonchev–Trinajstić information content (AvgIpc) is 3.91. The van der Waals surface area contributed by atoms with Gasteiger partial charge in [0.25, 0.3) is 0 Å². The second-order valence-electron chi connectivity index (χ2n) is 19.4. The number of halogens is 3. The van der Waals surface area contributed by atoms with Crippen LogP contribution in [0.4, 0.5) is 13.2 Å². The summed E-state index contributed by atoms with van der Waals surface area (Å²) in [4.78, 5) is 0. The van der Waals surface area contributed by atoms with Crippen molar-refractivity contribution < 1.29 is 13.2 Å². The zero-order valence-electron chi connectivity index (χ0n) is 41.0. The van der Waals surface area contributed by atoms with Crippen LogP contribution in [0.1, 0.15) is 38.9 Å². The van der Waals surface area contributed by atoms with Gasteiger partial charge in [0.15, 0.2) is 0 Å². The maximum absolute atomic E-state index is 14.3. The molecule has 2 aromatic heterocycles. The normalized spacial score (nSPS) is 11.7. The first-order valence-electron chi connectivity index (χ1n) is 24.5. The molecule has 74 heavy (non-hydrogen) atoms. The van der Waals surface area contributed by atoms with Gasteiger partial charge >= 0.3 is 6.18 Å². The molecular formula is C67H45F3N4. The molecule has 12 aromatic rings. The van der Waals surface area contributed by atoms with Crippen LogP contribution in [0.25, 0.3) is 111 Å². The fourth-order valence-electron chi connectivity index (χ4n) is 10.9. The molecule has 354 valence electrons. The highest BCUT2D eigenvalue weighted by atomic mass is 19.4. The van der Waals surface area contributed by atoms with Crippen LogP contribution in [-0.4, -0.2) is 9.13 Å². The molecule has 10 aromatic carbocycles. The average molecular weight is 963 g/mol. The van der Waals surface area contributed by atoms with E-state index in [0.717, 1.165) is 123 Å². The third-order valence-corrected chi connectivity index (χ3v) is 14.4. The molecule has 12 rings (SSSR count). The highest BCUT2D eigenvalue weighted by Gasteiger charge is 2.32. The van der Waals surface area contributed by atoms with Crippen LogP contribution in [0.3, 0.4) is 0 Å². The molecule has 7 heteroatoms. The Labute approximate surface area is 426 Å². The number of hydrogen-bond acceptors (Lipinski definition) is 2. The van der Waals surface area contributed by atoms with Crippen LogP contribution >= 0.6 is 0 Å². The quantitative estimate of drug-likeness (QED) is 0.160. The van der Waals surface area contributed by atoms with Crippen LogP contribution in [0.2, 0.25) is 0 Å². The Balaban J connectivity index is 1.20. The molecule has 0 unspecified atom stereocenters. The molecule has 0 fully saturated rings. The molecule has 0 N–H and O–H groups in total. The topological polar surface area (TPSA) is 57.4 Å². The van der Waals surface area contributed by atoms with Crippen LogP contribution in [0.15, 0.2) is 200 Å². The number of aryl methyl sites for hydroxylation is 4. The van der Waals surface area contributed by atoms with Crippen molar-refractivity contribution in [3.05, 3.63) is 239 Å². The summed E-state index contributed by atoms with van der Waals surface area (Å²) in [7, 11) is 0. The van der Waals surface area contributed by atoms with Crippen molar-refractivity contribution in [3.63, 3.8) is 0 Å². The summed E-state index contributed by atoms with van der Waals surface area (Å²) in [5.41, 5.74) is 17.3. The smallest absolute Gasteiger partial charge is 0.308 e. The van der Waals surface area contributed by atoms with Crippen LogP contribution in [0, 0.1) is 50.4 Å². The van der Waals surface area contributed by atoms with Gasteiger partial charge in [-0.15, -0.1) is 0 Å². The van der Waals surface area contributed by atoms with Gasteiger partial charge in [-0.2, -0.15) is 23.7 Å². The van der Waals surface area contributed by atoms with Crippen molar-refractivity contribution in [2.45, 2.75) is 33.9 Å². The number of aromatic nitrogens is 2. The second kappa shape index (κ2) is 17.7. The molecule has 0 amide bonds. The van der Waals surface area contributed by atoms with E-state index in [2.05, 4.69) is 219 Å². The lowest BCUT2D eigenvalue weighted by Gasteiger charge is -2.19. The summed E-state index contributed by atoms with van der Waals surface area (Å²) in [6.45, 7) is 8.31. The molecule has 0 radical (unpaired) electrons. The Kier molecular flexibility index (Phi) is 10.9. The van der Waals surface area contributed by atoms with Crippen molar-refractivity contribution in [1.29, 1.82) is 10.5 Å². The first kappa shape index (κ1) is 45.7. The standard InChI is InChI=1S/C67H45F3N4/c1-40-9-5-13-44(27-40)48-17-23-61-56(32-48)57-33-49(45-14-6-10-41(2)28-45)18-24-62(57)73(61)65-36-52(55-22-21-54(67(68,69)70)31-53(55)38-71)37-66(60(65)39-72)74-63-25-19-50(46-15-7-11-42(3)29-46)34-58(63)59-35-51(20-26-64(59)74)47-16-8-12-43(4)30-47/h5-37H,1-4H3. The molecule has 0 aliphatic rings. The lowest BCUT2D eigenvalue weighted by atomic mass is 9.95. The fraction of sp³-hybridized carbons (Fsp3) is 0.0746. The maximum atomic E-state index is 14.3. The van der Waals surface area contributed by atoms with Gasteiger partial charge in [-0.05, 0) is 156 Å². The Morgan fingerprint density at radius 1 is 0.351 bits per heavy atom. The van der Waals surface area contributed by atoms with E-state index in [9.17, 15) is 23.7 Å². The molecule has 0 saturated heterocycles. The van der Waals surface area contributed by atoms with Gasteiger partial charge in [-0.3, -0.25) is 0 Å². The van der Waals surface area contributed by atoms with Gasteiger partial charge in [0.1, 0.15) is 11.6 Å². The van der Waals surface area contributed by atoms with E-state index < -0.39 is 11.7 Å². The third-order valence-electron chi connectivity index (χ3n) is 14.4. The number of rotatable bonds is 7. The zero-order chi connectivity index (χ0) is 51.0. The molecule has 0 saturated carbocycles. The van der Waals surface area contributed by atoms with Gasteiger partial charge in [-0.1, -0.05) is 150 Å². The summed E-state index contributed by atoms with van der Waals surface area (Å²) < 4.78 is 47.1. The van der Waals surface area contributed by atoms with Crippen molar-refractivity contribution in [3.8, 4) is 79.1 Å². The highest BCUT2D eigenvalue weighted by molar-refractivity contribution is 6.14. The Morgan fingerprint density at radius 2 is 0.689 bits per heavy atom. The molecule has 0 bridgehead atoms. The van der Waals surface area contributed by atoms with E-state index in [4.69, 9.17) is 0 Å². The number of hydrogen-bond donors (Lipinski definition) is 0.